The van der Waals surface area contributed by atoms with Crippen molar-refractivity contribution in [2.24, 2.45) is 0 Å². The van der Waals surface area contributed by atoms with Crippen LogP contribution in [0.4, 0.5) is 5.69 Å². The minimum Gasteiger partial charge on any atom is -0.383 e. The maximum atomic E-state index is 4.40. The van der Waals surface area contributed by atoms with Gasteiger partial charge in [-0.25, -0.2) is 4.98 Å². The summed E-state index contributed by atoms with van der Waals surface area (Å²) in [5.41, 5.74) is 2.14. The molecular formula is C14H19N5. The van der Waals surface area contributed by atoms with E-state index in [0.717, 1.165) is 36.0 Å². The predicted octanol–water partition coefficient (Wildman–Crippen LogP) is 1.94. The molecular weight excluding hydrogens is 238 g/mol. The molecule has 1 atom stereocenters. The lowest BCUT2D eigenvalue weighted by Gasteiger charge is -2.14. The van der Waals surface area contributed by atoms with Gasteiger partial charge in [-0.3, -0.25) is 5.10 Å². The summed E-state index contributed by atoms with van der Waals surface area (Å²) in [4.78, 5) is 4.40. The fourth-order valence-corrected chi connectivity index (χ4v) is 2.46. The first kappa shape index (κ1) is 12.2. The number of aromatic nitrogens is 3. The lowest BCUT2D eigenvalue weighted by Crippen LogP contribution is -2.29. The standard InChI is InChI=1S/C14H19N5/c1-10-17-14(19-18-10)12-6-2-3-7-13(12)16-9-11-5-4-8-15-11/h2-3,6-7,11,15-16H,4-5,8-9H2,1H3,(H,17,18,19). The van der Waals surface area contributed by atoms with Gasteiger partial charge < -0.3 is 10.6 Å². The first-order chi connectivity index (χ1) is 9.33. The maximum Gasteiger partial charge on any atom is 0.183 e. The second-order valence-corrected chi connectivity index (χ2v) is 4.96. The van der Waals surface area contributed by atoms with Gasteiger partial charge in [-0.2, -0.15) is 5.10 Å². The van der Waals surface area contributed by atoms with Crippen molar-refractivity contribution >= 4 is 5.69 Å². The molecule has 1 aromatic carbocycles. The Balaban J connectivity index is 1.77. The number of aryl methyl sites for hydroxylation is 1. The summed E-state index contributed by atoms with van der Waals surface area (Å²) in [5.74, 6) is 1.59. The van der Waals surface area contributed by atoms with Gasteiger partial charge in [-0.05, 0) is 38.4 Å². The molecule has 5 nitrogen and oxygen atoms in total. The van der Waals surface area contributed by atoms with E-state index < -0.39 is 0 Å². The Bertz CT molecular complexity index is 542. The maximum absolute atomic E-state index is 4.40. The molecule has 3 rings (SSSR count). The summed E-state index contributed by atoms with van der Waals surface area (Å²) in [6.45, 7) is 3.99. The highest BCUT2D eigenvalue weighted by Crippen LogP contribution is 2.24. The van der Waals surface area contributed by atoms with Crippen molar-refractivity contribution in [3.8, 4) is 11.4 Å². The third kappa shape index (κ3) is 2.76. The Morgan fingerprint density at radius 2 is 2.26 bits per heavy atom. The summed E-state index contributed by atoms with van der Waals surface area (Å²) < 4.78 is 0. The molecule has 100 valence electrons. The fraction of sp³-hybridized carbons (Fsp3) is 0.429. The van der Waals surface area contributed by atoms with E-state index in [-0.39, 0.29) is 0 Å². The molecule has 1 aliphatic rings. The predicted molar refractivity (Wildman–Crippen MR) is 76.1 cm³/mol. The van der Waals surface area contributed by atoms with Crippen LogP contribution in [0.25, 0.3) is 11.4 Å². The highest BCUT2D eigenvalue weighted by Gasteiger charge is 2.15. The number of nitrogens with one attached hydrogen (secondary N) is 3. The van der Waals surface area contributed by atoms with Gasteiger partial charge in [-0.15, -0.1) is 0 Å². The molecule has 3 N–H and O–H groups in total. The van der Waals surface area contributed by atoms with Gasteiger partial charge in [0.2, 0.25) is 0 Å². The first-order valence-electron chi connectivity index (χ1n) is 6.78. The molecule has 0 amide bonds. The molecule has 2 aromatic rings. The normalized spacial score (nSPS) is 18.7. The van der Waals surface area contributed by atoms with Crippen molar-refractivity contribution in [2.75, 3.05) is 18.4 Å². The smallest absolute Gasteiger partial charge is 0.183 e. The molecule has 2 heterocycles. The molecule has 0 saturated carbocycles. The van der Waals surface area contributed by atoms with Crippen molar-refractivity contribution in [1.29, 1.82) is 0 Å². The van der Waals surface area contributed by atoms with Crippen molar-refractivity contribution in [3.63, 3.8) is 0 Å². The van der Waals surface area contributed by atoms with Gasteiger partial charge in [0.1, 0.15) is 5.82 Å². The highest BCUT2D eigenvalue weighted by molar-refractivity contribution is 5.73. The van der Waals surface area contributed by atoms with Crippen LogP contribution in [-0.2, 0) is 0 Å². The van der Waals surface area contributed by atoms with Crippen molar-refractivity contribution in [1.82, 2.24) is 20.5 Å². The molecule has 1 fully saturated rings. The summed E-state index contributed by atoms with van der Waals surface area (Å²) >= 11 is 0. The van der Waals surface area contributed by atoms with E-state index in [9.17, 15) is 0 Å². The molecule has 0 aliphatic carbocycles. The summed E-state index contributed by atoms with van der Waals surface area (Å²) in [6, 6.07) is 8.75. The molecule has 1 aromatic heterocycles. The average Bonchev–Trinajstić information content (AvgIpc) is 3.08. The molecule has 1 unspecified atom stereocenters. The van der Waals surface area contributed by atoms with Crippen LogP contribution in [-0.4, -0.2) is 34.3 Å². The Morgan fingerprint density at radius 3 is 3.00 bits per heavy atom. The van der Waals surface area contributed by atoms with Crippen LogP contribution in [0.5, 0.6) is 0 Å². The van der Waals surface area contributed by atoms with Crippen LogP contribution in [0.15, 0.2) is 24.3 Å². The van der Waals surface area contributed by atoms with Gasteiger partial charge in [0, 0.05) is 23.8 Å². The summed E-state index contributed by atoms with van der Waals surface area (Å²) in [5, 5.41) is 14.1. The van der Waals surface area contributed by atoms with Gasteiger partial charge in [-0.1, -0.05) is 12.1 Å². The number of para-hydroxylation sites is 1. The zero-order valence-corrected chi connectivity index (χ0v) is 11.1. The van der Waals surface area contributed by atoms with Gasteiger partial charge in [0.25, 0.3) is 0 Å². The van der Waals surface area contributed by atoms with Crippen LogP contribution in [0.1, 0.15) is 18.7 Å². The molecule has 0 radical (unpaired) electrons. The molecule has 0 spiro atoms. The second-order valence-electron chi connectivity index (χ2n) is 4.96. The Labute approximate surface area is 112 Å². The third-order valence-electron chi connectivity index (χ3n) is 3.47. The molecule has 1 aliphatic heterocycles. The largest absolute Gasteiger partial charge is 0.383 e. The summed E-state index contributed by atoms with van der Waals surface area (Å²) in [7, 11) is 0. The van der Waals surface area contributed by atoms with E-state index in [0.29, 0.717) is 6.04 Å². The van der Waals surface area contributed by atoms with Gasteiger partial charge >= 0.3 is 0 Å². The molecule has 5 heteroatoms. The zero-order chi connectivity index (χ0) is 13.1. The number of rotatable bonds is 4. The van der Waals surface area contributed by atoms with Crippen LogP contribution in [0.3, 0.4) is 0 Å². The fourth-order valence-electron chi connectivity index (χ4n) is 2.46. The van der Waals surface area contributed by atoms with E-state index in [1.165, 1.54) is 12.8 Å². The molecule has 0 bridgehead atoms. The number of nitrogens with zero attached hydrogens (tertiary/aromatic N) is 2. The Morgan fingerprint density at radius 1 is 1.37 bits per heavy atom. The lowest BCUT2D eigenvalue weighted by molar-refractivity contribution is 0.633. The number of H-pyrrole nitrogens is 1. The summed E-state index contributed by atoms with van der Waals surface area (Å²) in [6.07, 6.45) is 2.52. The number of benzene rings is 1. The van der Waals surface area contributed by atoms with Gasteiger partial charge in [0.15, 0.2) is 5.82 Å². The van der Waals surface area contributed by atoms with Gasteiger partial charge in [0.05, 0.1) is 0 Å². The van der Waals surface area contributed by atoms with E-state index >= 15 is 0 Å². The topological polar surface area (TPSA) is 65.6 Å². The number of aromatic amines is 1. The zero-order valence-electron chi connectivity index (χ0n) is 11.1. The Hall–Kier alpha value is -1.88. The monoisotopic (exact) mass is 257 g/mol. The molecule has 19 heavy (non-hydrogen) atoms. The van der Waals surface area contributed by atoms with Crippen molar-refractivity contribution in [3.05, 3.63) is 30.1 Å². The van der Waals surface area contributed by atoms with E-state index in [4.69, 9.17) is 0 Å². The van der Waals surface area contributed by atoms with E-state index in [2.05, 4.69) is 31.9 Å². The van der Waals surface area contributed by atoms with Crippen LogP contribution >= 0.6 is 0 Å². The number of hydrogen-bond donors (Lipinski definition) is 3. The van der Waals surface area contributed by atoms with Crippen LogP contribution in [0.2, 0.25) is 0 Å². The quantitative estimate of drug-likeness (QED) is 0.783. The SMILES string of the molecule is Cc1nc(-c2ccccc2NCC2CCCN2)n[nH]1. The van der Waals surface area contributed by atoms with Crippen LogP contribution < -0.4 is 10.6 Å². The van der Waals surface area contributed by atoms with E-state index in [1.807, 2.05) is 25.1 Å². The first-order valence-corrected chi connectivity index (χ1v) is 6.78. The number of hydrogen-bond acceptors (Lipinski definition) is 4. The average molecular weight is 257 g/mol. The highest BCUT2D eigenvalue weighted by atomic mass is 15.2. The minimum absolute atomic E-state index is 0.571. The lowest BCUT2D eigenvalue weighted by atomic mass is 10.1. The van der Waals surface area contributed by atoms with Crippen molar-refractivity contribution < 1.29 is 0 Å². The molecule has 1 saturated heterocycles. The second kappa shape index (κ2) is 5.40. The van der Waals surface area contributed by atoms with Crippen molar-refractivity contribution in [2.45, 2.75) is 25.8 Å². The Kier molecular flexibility index (Phi) is 3.46. The van der Waals surface area contributed by atoms with E-state index in [1.54, 1.807) is 0 Å². The third-order valence-corrected chi connectivity index (χ3v) is 3.47. The minimum atomic E-state index is 0.571. The number of anilines is 1. The van der Waals surface area contributed by atoms with Crippen LogP contribution in [0, 0.1) is 6.92 Å².